The molecule has 1 heterocycles. The van der Waals surface area contributed by atoms with Crippen molar-refractivity contribution in [1.82, 2.24) is 14.8 Å². The molecule has 0 saturated heterocycles. The van der Waals surface area contributed by atoms with Gasteiger partial charge in [-0.05, 0) is 12.5 Å². The van der Waals surface area contributed by atoms with Gasteiger partial charge in [0.25, 0.3) is 0 Å². The number of benzene rings is 1. The summed E-state index contributed by atoms with van der Waals surface area (Å²) in [6.07, 6.45) is 1.40. The molecule has 0 spiro atoms. The van der Waals surface area contributed by atoms with Crippen LogP contribution in [0.5, 0.6) is 0 Å². The minimum absolute atomic E-state index is 0.0128. The van der Waals surface area contributed by atoms with Gasteiger partial charge in [0, 0.05) is 0 Å². The molecule has 94 valence electrons. The number of hydrogen-bond acceptors (Lipinski definition) is 4. The Morgan fingerprint density at radius 2 is 2.06 bits per heavy atom. The molecule has 6 nitrogen and oxygen atoms in total. The van der Waals surface area contributed by atoms with Crippen molar-refractivity contribution >= 4 is 5.97 Å². The van der Waals surface area contributed by atoms with Crippen LogP contribution in [0.25, 0.3) is 0 Å². The first-order valence-corrected chi connectivity index (χ1v) is 5.40. The largest absolute Gasteiger partial charge is 0.479 e. The first-order valence-electron chi connectivity index (χ1n) is 5.40. The van der Waals surface area contributed by atoms with Crippen molar-refractivity contribution in [2.75, 3.05) is 0 Å². The molecule has 1 atom stereocenters. The number of aromatic nitrogens is 3. The topological polar surface area (TPSA) is 88.2 Å². The lowest BCUT2D eigenvalue weighted by atomic mass is 10.1. The lowest BCUT2D eigenvalue weighted by molar-refractivity contribution is -0.158. The van der Waals surface area contributed by atoms with Crippen LogP contribution in [0.4, 0.5) is 0 Å². The van der Waals surface area contributed by atoms with E-state index in [0.717, 1.165) is 5.56 Å². The van der Waals surface area contributed by atoms with Crippen LogP contribution in [0, 0.1) is 0 Å². The molecule has 18 heavy (non-hydrogen) atoms. The van der Waals surface area contributed by atoms with Gasteiger partial charge in [0.15, 0.2) is 5.82 Å². The molecule has 0 bridgehead atoms. The van der Waals surface area contributed by atoms with Gasteiger partial charge in [0.1, 0.15) is 6.33 Å². The van der Waals surface area contributed by atoms with E-state index >= 15 is 0 Å². The van der Waals surface area contributed by atoms with Gasteiger partial charge in [-0.1, -0.05) is 30.3 Å². The van der Waals surface area contributed by atoms with Gasteiger partial charge in [-0.2, -0.15) is 0 Å². The Balaban J connectivity index is 2.32. The highest BCUT2D eigenvalue weighted by Crippen LogP contribution is 2.19. The van der Waals surface area contributed by atoms with Crippen molar-refractivity contribution in [3.63, 3.8) is 0 Å². The number of carbonyl (C=O) groups is 1. The second-order valence-electron chi connectivity index (χ2n) is 4.15. The quantitative estimate of drug-likeness (QED) is 0.826. The van der Waals surface area contributed by atoms with E-state index in [4.69, 9.17) is 5.11 Å². The van der Waals surface area contributed by atoms with Crippen LogP contribution in [-0.4, -0.2) is 30.9 Å². The summed E-state index contributed by atoms with van der Waals surface area (Å²) in [7, 11) is 0. The molecular formula is C12H13N3O3. The Morgan fingerprint density at radius 3 is 2.67 bits per heavy atom. The lowest BCUT2D eigenvalue weighted by Gasteiger charge is -2.17. The maximum absolute atomic E-state index is 11.0. The van der Waals surface area contributed by atoms with Crippen LogP contribution < -0.4 is 0 Å². The summed E-state index contributed by atoms with van der Waals surface area (Å²) in [4.78, 5) is 11.0. The Hall–Kier alpha value is -2.21. The zero-order valence-electron chi connectivity index (χ0n) is 9.82. The number of aliphatic carboxylic acids is 1. The summed E-state index contributed by atoms with van der Waals surface area (Å²) in [5, 5.41) is 26.2. The Bertz CT molecular complexity index is 549. The SMILES string of the molecule is CC(O)(C(=O)O)c1nncn1Cc1ccccc1. The zero-order chi connectivity index (χ0) is 13.2. The normalized spacial score (nSPS) is 14.1. The van der Waals surface area contributed by atoms with Gasteiger partial charge < -0.3 is 14.8 Å². The van der Waals surface area contributed by atoms with Crippen molar-refractivity contribution in [3.8, 4) is 0 Å². The maximum atomic E-state index is 11.0. The predicted molar refractivity (Wildman–Crippen MR) is 62.8 cm³/mol. The molecule has 0 radical (unpaired) electrons. The minimum Gasteiger partial charge on any atom is -0.479 e. The van der Waals surface area contributed by atoms with E-state index in [2.05, 4.69) is 10.2 Å². The number of hydrogen-bond donors (Lipinski definition) is 2. The van der Waals surface area contributed by atoms with Crippen LogP contribution in [0.3, 0.4) is 0 Å². The highest BCUT2D eigenvalue weighted by Gasteiger charge is 2.37. The van der Waals surface area contributed by atoms with Crippen molar-refractivity contribution in [2.45, 2.75) is 19.1 Å². The van der Waals surface area contributed by atoms with Crippen molar-refractivity contribution < 1.29 is 15.0 Å². The third-order valence-electron chi connectivity index (χ3n) is 2.66. The summed E-state index contributed by atoms with van der Waals surface area (Å²) < 4.78 is 1.52. The standard InChI is InChI=1S/C12H13N3O3/c1-12(18,11(16)17)10-14-13-8-15(10)7-9-5-3-2-4-6-9/h2-6,8,18H,7H2,1H3,(H,16,17). The summed E-state index contributed by atoms with van der Waals surface area (Å²) in [6, 6.07) is 9.46. The van der Waals surface area contributed by atoms with Crippen molar-refractivity contribution in [1.29, 1.82) is 0 Å². The monoisotopic (exact) mass is 247 g/mol. The van der Waals surface area contributed by atoms with Crippen LogP contribution in [0.15, 0.2) is 36.7 Å². The van der Waals surface area contributed by atoms with Crippen molar-refractivity contribution in [2.24, 2.45) is 0 Å². The van der Waals surface area contributed by atoms with Crippen molar-refractivity contribution in [3.05, 3.63) is 48.0 Å². The molecule has 1 unspecified atom stereocenters. The third-order valence-corrected chi connectivity index (χ3v) is 2.66. The summed E-state index contributed by atoms with van der Waals surface area (Å²) in [5.74, 6) is -1.34. The molecule has 2 rings (SSSR count). The fourth-order valence-electron chi connectivity index (χ4n) is 1.62. The number of rotatable bonds is 4. The average molecular weight is 247 g/mol. The van der Waals surface area contributed by atoms with Crippen LogP contribution in [0.2, 0.25) is 0 Å². The molecule has 0 aliphatic carbocycles. The zero-order valence-corrected chi connectivity index (χ0v) is 9.82. The van der Waals surface area contributed by atoms with E-state index < -0.39 is 11.6 Å². The molecule has 0 saturated carbocycles. The number of carboxylic acid groups (broad SMARTS) is 1. The fourth-order valence-corrected chi connectivity index (χ4v) is 1.62. The number of nitrogens with zero attached hydrogens (tertiary/aromatic N) is 3. The van der Waals surface area contributed by atoms with Gasteiger partial charge >= 0.3 is 5.97 Å². The van der Waals surface area contributed by atoms with Gasteiger partial charge in [-0.15, -0.1) is 10.2 Å². The second-order valence-corrected chi connectivity index (χ2v) is 4.15. The molecule has 0 aliphatic heterocycles. The molecule has 0 amide bonds. The predicted octanol–water partition coefficient (Wildman–Crippen LogP) is 0.618. The maximum Gasteiger partial charge on any atom is 0.343 e. The number of aliphatic hydroxyl groups is 1. The molecule has 1 aromatic carbocycles. The fraction of sp³-hybridized carbons (Fsp3) is 0.250. The third kappa shape index (κ3) is 2.23. The van der Waals surface area contributed by atoms with E-state index in [9.17, 15) is 9.90 Å². The molecule has 0 fully saturated rings. The minimum atomic E-state index is -2.05. The first-order chi connectivity index (χ1) is 8.51. The Morgan fingerprint density at radius 1 is 1.39 bits per heavy atom. The van der Waals surface area contributed by atoms with Crippen LogP contribution >= 0.6 is 0 Å². The Labute approximate surface area is 104 Å². The first kappa shape index (κ1) is 12.3. The van der Waals surface area contributed by atoms with Gasteiger partial charge in [0.05, 0.1) is 6.54 Å². The van der Waals surface area contributed by atoms with E-state index in [1.807, 2.05) is 30.3 Å². The second kappa shape index (κ2) is 4.58. The summed E-state index contributed by atoms with van der Waals surface area (Å²) >= 11 is 0. The molecule has 1 aromatic heterocycles. The van der Waals surface area contributed by atoms with E-state index in [1.165, 1.54) is 17.8 Å². The highest BCUT2D eigenvalue weighted by molar-refractivity contribution is 5.77. The Kier molecular flexibility index (Phi) is 3.12. The van der Waals surface area contributed by atoms with E-state index in [1.54, 1.807) is 0 Å². The van der Waals surface area contributed by atoms with Gasteiger partial charge in [-0.3, -0.25) is 0 Å². The average Bonchev–Trinajstić information content (AvgIpc) is 2.79. The van der Waals surface area contributed by atoms with Gasteiger partial charge in [0.2, 0.25) is 5.60 Å². The smallest absolute Gasteiger partial charge is 0.343 e. The summed E-state index contributed by atoms with van der Waals surface area (Å²) in [5.41, 5.74) is -1.08. The molecule has 6 heteroatoms. The van der Waals surface area contributed by atoms with Crippen LogP contribution in [-0.2, 0) is 16.9 Å². The van der Waals surface area contributed by atoms with Gasteiger partial charge in [-0.25, -0.2) is 4.79 Å². The van der Waals surface area contributed by atoms with Crippen LogP contribution in [0.1, 0.15) is 18.3 Å². The van der Waals surface area contributed by atoms with E-state index in [-0.39, 0.29) is 5.82 Å². The summed E-state index contributed by atoms with van der Waals surface area (Å²) in [6.45, 7) is 1.59. The molecule has 0 aliphatic rings. The highest BCUT2D eigenvalue weighted by atomic mass is 16.4. The molecule has 2 N–H and O–H groups in total. The van der Waals surface area contributed by atoms with E-state index in [0.29, 0.717) is 6.54 Å². The lowest BCUT2D eigenvalue weighted by Crippen LogP contribution is -2.35. The number of carboxylic acids is 1. The molecular weight excluding hydrogens is 234 g/mol. The molecule has 2 aromatic rings.